The highest BCUT2D eigenvalue weighted by Gasteiger charge is 2.42. The molecule has 78 heavy (non-hydrogen) atoms. The Morgan fingerprint density at radius 3 is 1.40 bits per heavy atom. The van der Waals surface area contributed by atoms with Crippen LogP contribution < -0.4 is 77.8 Å². The first-order chi connectivity index (χ1) is 36.9. The second kappa shape index (κ2) is 30.8. The fourth-order valence-electron chi connectivity index (χ4n) is 8.82. The lowest BCUT2D eigenvalue weighted by atomic mass is 9.97. The number of rotatable bonds is 21. The molecule has 2 aliphatic rings. The number of phosphoric ester groups is 1. The molecule has 2 aliphatic heterocycles. The van der Waals surface area contributed by atoms with E-state index in [1.54, 1.807) is 6.07 Å². The lowest BCUT2D eigenvalue weighted by Gasteiger charge is -2.39. The van der Waals surface area contributed by atoms with Crippen molar-refractivity contribution in [3.8, 4) is 0 Å². The van der Waals surface area contributed by atoms with E-state index in [4.69, 9.17) is 50.4 Å². The average molecular weight is 1110 g/mol. The van der Waals surface area contributed by atoms with Crippen LogP contribution in [0.15, 0.2) is 62.4 Å². The van der Waals surface area contributed by atoms with Crippen LogP contribution in [0.25, 0.3) is 10.8 Å². The number of fused-ring (bicyclic) bond motifs is 2. The van der Waals surface area contributed by atoms with Gasteiger partial charge in [0.2, 0.25) is 41.4 Å². The molecule has 24 N–H and O–H groups in total. The number of hydrogen-bond acceptors (Lipinski definition) is 13. The number of hydrogen-bond donors (Lipinski definition) is 16. The largest absolute Gasteiger partial charge is 0.469 e. The Hall–Kier alpha value is -7.82. The summed E-state index contributed by atoms with van der Waals surface area (Å²) in [7, 11) is -5.37. The number of aliphatic imine (C=N–C) groups is 4. The molecule has 0 saturated carbocycles. The zero-order valence-corrected chi connectivity index (χ0v) is 44.4. The Kier molecular flexibility index (Phi) is 24.8. The first-order valence-electron chi connectivity index (χ1n) is 25.5. The number of carbonyl (C=O) groups is 7. The lowest BCUT2D eigenvalue weighted by molar-refractivity contribution is -0.148. The van der Waals surface area contributed by atoms with E-state index in [-0.39, 0.29) is 121 Å². The highest BCUT2D eigenvalue weighted by atomic mass is 31.2. The SMILES string of the molecule is C[C@H](OP(=O)(O)O)[C@H]1NC(=O)[C@@H](CCCN=C(N)N)NC(=O)[C@@H](CCCN=C(N)N)NC(=O)[C@H](CCCN=C(N)N)NC(=O)[C@H](CCCN=C(N)N)NC(=O)[C@H](Cc2ccc3ccccc3c2)NC(=O)[C@@H]2CCCCN2C1=O. The molecule has 430 valence electrons. The monoisotopic (exact) mass is 1110 g/mol. The Labute approximate surface area is 450 Å². The van der Waals surface area contributed by atoms with Gasteiger partial charge in [0.1, 0.15) is 42.3 Å². The van der Waals surface area contributed by atoms with Crippen molar-refractivity contribution >= 4 is 83.8 Å². The number of benzene rings is 2. The predicted octanol–water partition coefficient (Wildman–Crippen LogP) is -4.60. The first-order valence-corrected chi connectivity index (χ1v) is 27.0. The van der Waals surface area contributed by atoms with Crippen LogP contribution in [0.4, 0.5) is 0 Å². The normalized spacial score (nSPS) is 22.6. The van der Waals surface area contributed by atoms with Crippen molar-refractivity contribution in [1.29, 1.82) is 0 Å². The van der Waals surface area contributed by atoms with Gasteiger partial charge in [-0.05, 0) is 93.9 Å². The number of carbonyl (C=O) groups excluding carboxylic acids is 7. The third-order valence-corrected chi connectivity index (χ3v) is 13.2. The molecule has 2 aromatic carbocycles. The Morgan fingerprint density at radius 1 is 0.577 bits per heavy atom. The maximum atomic E-state index is 14.9. The van der Waals surface area contributed by atoms with Crippen LogP contribution in [-0.4, -0.2) is 161 Å². The van der Waals surface area contributed by atoms with Crippen LogP contribution in [0.1, 0.15) is 83.1 Å². The molecule has 0 radical (unpaired) electrons. The highest BCUT2D eigenvalue weighted by molar-refractivity contribution is 7.46. The van der Waals surface area contributed by atoms with Gasteiger partial charge in [0, 0.05) is 39.1 Å². The van der Waals surface area contributed by atoms with E-state index in [1.165, 1.54) is 0 Å². The molecular weight excluding hydrogens is 1040 g/mol. The summed E-state index contributed by atoms with van der Waals surface area (Å²) in [6.07, 6.45) is -1.29. The third kappa shape index (κ3) is 21.3. The fraction of sp³-hybridized carbons (Fsp3) is 0.553. The van der Waals surface area contributed by atoms with Gasteiger partial charge in [0.15, 0.2) is 23.8 Å². The average Bonchev–Trinajstić information content (AvgIpc) is 3.39. The van der Waals surface area contributed by atoms with E-state index in [0.29, 0.717) is 18.4 Å². The molecule has 0 unspecified atom stereocenters. The summed E-state index contributed by atoms with van der Waals surface area (Å²) in [6.45, 7) is 1.02. The molecule has 7 amide bonds. The van der Waals surface area contributed by atoms with Crippen LogP contribution in [0, 0.1) is 0 Å². The molecule has 30 nitrogen and oxygen atoms in total. The van der Waals surface area contributed by atoms with Gasteiger partial charge in [0.05, 0.1) is 6.10 Å². The number of nitrogens with zero attached hydrogens (tertiary/aromatic N) is 5. The molecule has 4 rings (SSSR count). The van der Waals surface area contributed by atoms with Crippen molar-refractivity contribution in [3.05, 3.63) is 48.0 Å². The summed E-state index contributed by atoms with van der Waals surface area (Å²) in [5.74, 6) is -7.40. The number of piperidine rings is 1. The van der Waals surface area contributed by atoms with Crippen LogP contribution in [-0.2, 0) is 49.1 Å². The second-order valence-electron chi connectivity index (χ2n) is 18.8. The summed E-state index contributed by atoms with van der Waals surface area (Å²) < 4.78 is 17.3. The maximum absolute atomic E-state index is 14.9. The van der Waals surface area contributed by atoms with Gasteiger partial charge >= 0.3 is 7.82 Å². The molecule has 2 fully saturated rings. The summed E-state index contributed by atoms with van der Waals surface area (Å²) in [5.41, 5.74) is 45.0. The number of phosphoric acid groups is 1. The fourth-order valence-corrected chi connectivity index (χ4v) is 9.37. The van der Waals surface area contributed by atoms with Crippen molar-refractivity contribution in [2.45, 2.75) is 132 Å². The number of nitrogens with two attached hydrogens (primary N) is 8. The van der Waals surface area contributed by atoms with Gasteiger partial charge in [-0.2, -0.15) is 0 Å². The first kappa shape index (κ1) is 62.7. The quantitative estimate of drug-likeness (QED) is 0.0242. The van der Waals surface area contributed by atoms with Crippen LogP contribution in [0.5, 0.6) is 0 Å². The van der Waals surface area contributed by atoms with E-state index in [0.717, 1.165) is 22.6 Å². The molecule has 0 spiro atoms. The minimum atomic E-state index is -5.37. The van der Waals surface area contributed by atoms with Crippen molar-refractivity contribution in [3.63, 3.8) is 0 Å². The molecule has 0 bridgehead atoms. The zero-order valence-electron chi connectivity index (χ0n) is 43.6. The van der Waals surface area contributed by atoms with Crippen molar-refractivity contribution in [2.24, 2.45) is 65.8 Å². The van der Waals surface area contributed by atoms with Gasteiger partial charge < -0.3 is 92.5 Å². The smallest absolute Gasteiger partial charge is 0.370 e. The van der Waals surface area contributed by atoms with Gasteiger partial charge in [0.25, 0.3) is 0 Å². The van der Waals surface area contributed by atoms with Crippen LogP contribution in [0.3, 0.4) is 0 Å². The minimum absolute atomic E-state index is 0.00955. The summed E-state index contributed by atoms with van der Waals surface area (Å²) in [6, 6.07) is 2.33. The molecule has 2 saturated heterocycles. The number of amides is 7. The molecular formula is C47H76N19O11P. The van der Waals surface area contributed by atoms with E-state index >= 15 is 0 Å². The number of nitrogens with one attached hydrogen (secondary N) is 6. The standard InChI is InChI=1S/C47H76N19O11P/c1-26(77-78(74,75)76)36-43(73)66-23-5-4-16-35(66)42(72)64-34(25-27-17-18-28-10-2-3-11-29(28)24-27)41(71)63-32(14-8-21-58-46(52)53)39(69)61-30(12-6-19-56-44(48)49)37(67)60-31(13-7-20-57-45(50)51)38(68)62-33(40(70)65-36)15-9-22-59-47(54)55/h2-3,10-11,17-18,24,26,30-36H,4-9,12-16,19-23,25H2,1H3,(H,60,67)(H,61,69)(H,62,68)(H,63,71)(H,64,72)(H,65,70)(H4,48,49,56)(H4,50,51,57)(H4,52,53,58)(H4,54,55,59)(H2,74,75,76)/t26-,30-,31+,32-,33+,34-,35-,36+/m0/s1. The van der Waals surface area contributed by atoms with Crippen LogP contribution >= 0.6 is 7.82 Å². The Morgan fingerprint density at radius 2 is 0.974 bits per heavy atom. The van der Waals surface area contributed by atoms with Gasteiger partial charge in [-0.25, -0.2) is 4.57 Å². The lowest BCUT2D eigenvalue weighted by Crippen LogP contribution is -2.63. The highest BCUT2D eigenvalue weighted by Crippen LogP contribution is 2.38. The zero-order chi connectivity index (χ0) is 57.5. The van der Waals surface area contributed by atoms with Crippen molar-refractivity contribution in [1.82, 2.24) is 36.8 Å². The van der Waals surface area contributed by atoms with E-state index in [2.05, 4.69) is 51.9 Å². The molecule has 2 heterocycles. The molecule has 2 aromatic rings. The molecule has 8 atom stereocenters. The minimum Gasteiger partial charge on any atom is -0.370 e. The second-order valence-corrected chi connectivity index (χ2v) is 20.0. The third-order valence-electron chi connectivity index (χ3n) is 12.6. The van der Waals surface area contributed by atoms with E-state index in [9.17, 15) is 47.9 Å². The van der Waals surface area contributed by atoms with Crippen molar-refractivity contribution < 1.29 is 52.4 Å². The Balaban J connectivity index is 1.93. The van der Waals surface area contributed by atoms with Crippen molar-refractivity contribution in [2.75, 3.05) is 32.7 Å². The topological polar surface area (TPSA) is 519 Å². The summed E-state index contributed by atoms with van der Waals surface area (Å²) in [5, 5.41) is 17.7. The predicted molar refractivity (Wildman–Crippen MR) is 291 cm³/mol. The van der Waals surface area contributed by atoms with E-state index < -0.39 is 97.6 Å². The summed E-state index contributed by atoms with van der Waals surface area (Å²) in [4.78, 5) is 139. The molecule has 0 aliphatic carbocycles. The van der Waals surface area contributed by atoms with Gasteiger partial charge in [-0.3, -0.25) is 58.1 Å². The molecule has 0 aromatic heterocycles. The molecule has 31 heteroatoms. The summed E-state index contributed by atoms with van der Waals surface area (Å²) >= 11 is 0. The van der Waals surface area contributed by atoms with Gasteiger partial charge in [-0.15, -0.1) is 0 Å². The maximum Gasteiger partial charge on any atom is 0.469 e. The van der Waals surface area contributed by atoms with Crippen LogP contribution in [0.2, 0.25) is 0 Å². The van der Waals surface area contributed by atoms with Gasteiger partial charge in [-0.1, -0.05) is 42.5 Å². The Bertz CT molecular complexity index is 2580. The number of guanidine groups is 4. The van der Waals surface area contributed by atoms with E-state index in [1.807, 2.05) is 36.4 Å².